The molecule has 1 rings (SSSR count). The van der Waals surface area contributed by atoms with Crippen LogP contribution >= 0.6 is 0 Å². The second kappa shape index (κ2) is 8.76. The zero-order valence-electron chi connectivity index (χ0n) is 12.2. The normalized spacial score (nSPS) is 19.1. The molecule has 0 radical (unpaired) electrons. The van der Waals surface area contributed by atoms with Gasteiger partial charge in [0.1, 0.15) is 6.04 Å². The molecule has 0 saturated carbocycles. The number of carboxylic acids is 1. The number of aliphatic carboxylic acids is 1. The van der Waals surface area contributed by atoms with Crippen molar-refractivity contribution in [3.8, 4) is 0 Å². The maximum Gasteiger partial charge on any atom is 0.326 e. The van der Waals surface area contributed by atoms with Gasteiger partial charge in [0.05, 0.1) is 13.2 Å². The van der Waals surface area contributed by atoms with Crippen molar-refractivity contribution >= 4 is 12.0 Å². The lowest BCUT2D eigenvalue weighted by atomic mass is 9.99. The van der Waals surface area contributed by atoms with Crippen molar-refractivity contribution in [2.45, 2.75) is 26.3 Å². The molecule has 1 fully saturated rings. The first-order chi connectivity index (χ1) is 9.54. The third-order valence-electron chi connectivity index (χ3n) is 3.58. The summed E-state index contributed by atoms with van der Waals surface area (Å²) in [6.45, 7) is 8.15. The van der Waals surface area contributed by atoms with E-state index in [2.05, 4.69) is 15.5 Å². The molecule has 116 valence electrons. The van der Waals surface area contributed by atoms with Crippen LogP contribution in [0.2, 0.25) is 0 Å². The highest BCUT2D eigenvalue weighted by atomic mass is 16.5. The van der Waals surface area contributed by atoms with Gasteiger partial charge in [0.15, 0.2) is 0 Å². The average Bonchev–Trinajstić information content (AvgIpc) is 2.45. The number of rotatable bonds is 7. The molecule has 0 aliphatic carbocycles. The van der Waals surface area contributed by atoms with Crippen molar-refractivity contribution in [1.29, 1.82) is 0 Å². The molecule has 1 aliphatic rings. The van der Waals surface area contributed by atoms with Gasteiger partial charge >= 0.3 is 12.0 Å². The summed E-state index contributed by atoms with van der Waals surface area (Å²) in [6, 6.07) is -1.27. The van der Waals surface area contributed by atoms with E-state index < -0.39 is 18.0 Å². The van der Waals surface area contributed by atoms with Crippen molar-refractivity contribution < 1.29 is 19.4 Å². The Morgan fingerprint density at radius 2 is 2.00 bits per heavy atom. The summed E-state index contributed by atoms with van der Waals surface area (Å²) in [5, 5.41) is 14.3. The van der Waals surface area contributed by atoms with E-state index in [4.69, 9.17) is 9.84 Å². The van der Waals surface area contributed by atoms with Crippen LogP contribution in [0.25, 0.3) is 0 Å². The number of urea groups is 1. The summed E-state index contributed by atoms with van der Waals surface area (Å²) < 4.78 is 5.24. The maximum absolute atomic E-state index is 11.7. The van der Waals surface area contributed by atoms with E-state index in [1.54, 1.807) is 0 Å². The quantitative estimate of drug-likeness (QED) is 0.618. The Balaban J connectivity index is 2.25. The van der Waals surface area contributed by atoms with Crippen LogP contribution < -0.4 is 10.6 Å². The third-order valence-corrected chi connectivity index (χ3v) is 3.58. The smallest absolute Gasteiger partial charge is 0.326 e. The molecule has 2 atom stereocenters. The lowest BCUT2D eigenvalue weighted by molar-refractivity contribution is -0.140. The van der Waals surface area contributed by atoms with E-state index in [0.29, 0.717) is 13.0 Å². The van der Waals surface area contributed by atoms with Gasteiger partial charge in [-0.3, -0.25) is 4.90 Å². The van der Waals surface area contributed by atoms with Gasteiger partial charge in [-0.2, -0.15) is 0 Å². The zero-order chi connectivity index (χ0) is 15.0. The molecular formula is C13H25N3O4. The van der Waals surface area contributed by atoms with Crippen molar-refractivity contribution in [3.05, 3.63) is 0 Å². The molecule has 0 bridgehead atoms. The number of nitrogens with zero attached hydrogens (tertiary/aromatic N) is 1. The van der Waals surface area contributed by atoms with Crippen molar-refractivity contribution in [2.24, 2.45) is 5.92 Å². The molecule has 0 aromatic rings. The first-order valence-corrected chi connectivity index (χ1v) is 7.11. The molecule has 7 nitrogen and oxygen atoms in total. The monoisotopic (exact) mass is 287 g/mol. The predicted octanol–water partition coefficient (Wildman–Crippen LogP) is 0.117. The van der Waals surface area contributed by atoms with Crippen LogP contribution in [-0.4, -0.2) is 67.4 Å². The Labute approximate surface area is 119 Å². The number of carbonyl (C=O) groups is 2. The van der Waals surface area contributed by atoms with Gasteiger partial charge in [-0.1, -0.05) is 20.3 Å². The van der Waals surface area contributed by atoms with Crippen LogP contribution in [0.15, 0.2) is 0 Å². The second-order valence-electron chi connectivity index (χ2n) is 5.06. The Morgan fingerprint density at radius 1 is 1.35 bits per heavy atom. The highest BCUT2D eigenvalue weighted by molar-refractivity contribution is 5.82. The molecule has 7 heteroatoms. The molecule has 0 aromatic carbocycles. The number of carboxylic acid groups (broad SMARTS) is 1. The lowest BCUT2D eigenvalue weighted by Gasteiger charge is -2.26. The average molecular weight is 287 g/mol. The predicted molar refractivity (Wildman–Crippen MR) is 74.7 cm³/mol. The van der Waals surface area contributed by atoms with Gasteiger partial charge in [-0.25, -0.2) is 9.59 Å². The van der Waals surface area contributed by atoms with Crippen molar-refractivity contribution in [1.82, 2.24) is 15.5 Å². The fraction of sp³-hybridized carbons (Fsp3) is 0.846. The van der Waals surface area contributed by atoms with Crippen LogP contribution in [0.4, 0.5) is 4.79 Å². The van der Waals surface area contributed by atoms with Crippen LogP contribution in [0.1, 0.15) is 20.3 Å². The van der Waals surface area contributed by atoms with Gasteiger partial charge in [0.25, 0.3) is 0 Å². The van der Waals surface area contributed by atoms with Crippen LogP contribution in [-0.2, 0) is 9.53 Å². The Bertz CT molecular complexity index is 319. The molecule has 3 N–H and O–H groups in total. The lowest BCUT2D eigenvalue weighted by Crippen LogP contribution is -2.50. The first kappa shape index (κ1) is 16.7. The Kier molecular flexibility index (Phi) is 7.32. The summed E-state index contributed by atoms with van der Waals surface area (Å²) in [5.41, 5.74) is 0. The minimum Gasteiger partial charge on any atom is -0.480 e. The summed E-state index contributed by atoms with van der Waals surface area (Å²) in [7, 11) is 0. The number of amides is 2. The van der Waals surface area contributed by atoms with Gasteiger partial charge < -0.3 is 20.5 Å². The van der Waals surface area contributed by atoms with E-state index in [1.165, 1.54) is 0 Å². The van der Waals surface area contributed by atoms with Gasteiger partial charge in [0, 0.05) is 26.2 Å². The second-order valence-corrected chi connectivity index (χ2v) is 5.06. The molecule has 0 unspecified atom stereocenters. The molecule has 2 amide bonds. The fourth-order valence-corrected chi connectivity index (χ4v) is 2.03. The number of carbonyl (C=O) groups excluding carboxylic acids is 1. The number of ether oxygens (including phenoxy) is 1. The van der Waals surface area contributed by atoms with Gasteiger partial charge in [-0.05, 0) is 5.92 Å². The summed E-state index contributed by atoms with van der Waals surface area (Å²) >= 11 is 0. The summed E-state index contributed by atoms with van der Waals surface area (Å²) in [5.74, 6) is -1.10. The van der Waals surface area contributed by atoms with E-state index in [1.807, 2.05) is 13.8 Å². The molecule has 1 heterocycles. The van der Waals surface area contributed by atoms with E-state index in [-0.39, 0.29) is 5.92 Å². The van der Waals surface area contributed by atoms with Gasteiger partial charge in [0.2, 0.25) is 0 Å². The highest BCUT2D eigenvalue weighted by Gasteiger charge is 2.25. The SMILES string of the molecule is CC[C@H](C)[C@H](NC(=O)NCCN1CCOCC1)C(=O)O. The minimum absolute atomic E-state index is 0.0995. The standard InChI is InChI=1S/C13H25N3O4/c1-3-10(2)11(12(17)18)15-13(19)14-4-5-16-6-8-20-9-7-16/h10-11H,3-9H2,1-2H3,(H,17,18)(H2,14,15,19)/t10-,11-/m0/s1. The molecule has 20 heavy (non-hydrogen) atoms. The van der Waals surface area contributed by atoms with Crippen LogP contribution in [0, 0.1) is 5.92 Å². The van der Waals surface area contributed by atoms with E-state index in [0.717, 1.165) is 32.8 Å². The molecular weight excluding hydrogens is 262 g/mol. The summed E-state index contributed by atoms with van der Waals surface area (Å²) in [6.07, 6.45) is 0.699. The largest absolute Gasteiger partial charge is 0.480 e. The van der Waals surface area contributed by atoms with Crippen molar-refractivity contribution in [3.63, 3.8) is 0 Å². The number of nitrogens with one attached hydrogen (secondary N) is 2. The minimum atomic E-state index is -0.998. The summed E-state index contributed by atoms with van der Waals surface area (Å²) in [4.78, 5) is 25.0. The van der Waals surface area contributed by atoms with E-state index in [9.17, 15) is 9.59 Å². The van der Waals surface area contributed by atoms with Crippen molar-refractivity contribution in [2.75, 3.05) is 39.4 Å². The topological polar surface area (TPSA) is 90.9 Å². The Morgan fingerprint density at radius 3 is 2.55 bits per heavy atom. The molecule has 0 aromatic heterocycles. The third kappa shape index (κ3) is 5.75. The number of morpholine rings is 1. The van der Waals surface area contributed by atoms with Crippen LogP contribution in [0.5, 0.6) is 0 Å². The molecule has 0 spiro atoms. The fourth-order valence-electron chi connectivity index (χ4n) is 2.03. The van der Waals surface area contributed by atoms with Gasteiger partial charge in [-0.15, -0.1) is 0 Å². The van der Waals surface area contributed by atoms with Crippen LogP contribution in [0.3, 0.4) is 0 Å². The highest BCUT2D eigenvalue weighted by Crippen LogP contribution is 2.07. The number of hydrogen-bond donors (Lipinski definition) is 3. The molecule has 1 saturated heterocycles. The first-order valence-electron chi connectivity index (χ1n) is 7.11. The zero-order valence-corrected chi connectivity index (χ0v) is 12.2. The maximum atomic E-state index is 11.7. The Hall–Kier alpha value is -1.34. The molecule has 1 aliphatic heterocycles. The number of hydrogen-bond acceptors (Lipinski definition) is 4. The van der Waals surface area contributed by atoms with E-state index >= 15 is 0 Å².